The van der Waals surface area contributed by atoms with Gasteiger partial charge in [-0.25, -0.2) is 22.9 Å². The van der Waals surface area contributed by atoms with Crippen molar-refractivity contribution < 1.29 is 27.4 Å². The van der Waals surface area contributed by atoms with Crippen LogP contribution in [0.3, 0.4) is 0 Å². The van der Waals surface area contributed by atoms with E-state index in [0.717, 1.165) is 12.1 Å². The summed E-state index contributed by atoms with van der Waals surface area (Å²) in [6.45, 7) is 6.06. The number of fused-ring (bicyclic) bond motifs is 1. The van der Waals surface area contributed by atoms with E-state index in [1.54, 1.807) is 26.8 Å². The van der Waals surface area contributed by atoms with Crippen molar-refractivity contribution in [3.05, 3.63) is 64.2 Å². The SMILES string of the molecule is CC(C)(C)OC(=O)N1CCC(F)(CCCn2cnc3ccc(Oc4c(F)ccc(F)c4C#N)cc3c2=O)CC1. The predicted molar refractivity (Wildman–Crippen MR) is 137 cm³/mol. The number of piperidine rings is 1. The number of carbonyl (C=O) groups is 1. The molecule has 3 aromatic rings. The molecule has 1 aromatic heterocycles. The van der Waals surface area contributed by atoms with Crippen molar-refractivity contribution in [1.29, 1.82) is 5.26 Å². The Bertz CT molecular complexity index is 1490. The highest BCUT2D eigenvalue weighted by Crippen LogP contribution is 2.33. The van der Waals surface area contributed by atoms with E-state index in [-0.39, 0.29) is 50.0 Å². The summed E-state index contributed by atoms with van der Waals surface area (Å²) in [5.74, 6) is -2.40. The van der Waals surface area contributed by atoms with E-state index in [1.807, 2.05) is 0 Å². The first-order valence-corrected chi connectivity index (χ1v) is 12.6. The quantitative estimate of drug-likeness (QED) is 0.387. The molecular weight excluding hydrogens is 513 g/mol. The lowest BCUT2D eigenvalue weighted by molar-refractivity contribution is 0.000835. The molecule has 1 aliphatic heterocycles. The number of benzene rings is 2. The highest BCUT2D eigenvalue weighted by Gasteiger charge is 2.36. The maximum Gasteiger partial charge on any atom is 0.410 e. The lowest BCUT2D eigenvalue weighted by Gasteiger charge is -2.37. The zero-order valence-corrected chi connectivity index (χ0v) is 22.0. The summed E-state index contributed by atoms with van der Waals surface area (Å²) in [5, 5.41) is 9.35. The van der Waals surface area contributed by atoms with E-state index in [9.17, 15) is 23.6 Å². The van der Waals surface area contributed by atoms with Gasteiger partial charge in [-0.05, 0) is 76.8 Å². The Labute approximate surface area is 223 Å². The van der Waals surface area contributed by atoms with Crippen LogP contribution in [0.25, 0.3) is 10.9 Å². The minimum Gasteiger partial charge on any atom is -0.453 e. The topological polar surface area (TPSA) is 97.4 Å². The van der Waals surface area contributed by atoms with E-state index in [0.29, 0.717) is 11.9 Å². The van der Waals surface area contributed by atoms with Crippen LogP contribution in [0.1, 0.15) is 52.0 Å². The molecule has 0 saturated carbocycles. The average molecular weight is 543 g/mol. The molecular formula is C28H29F3N4O4. The fourth-order valence-corrected chi connectivity index (χ4v) is 4.45. The second-order valence-corrected chi connectivity index (χ2v) is 10.6. The van der Waals surface area contributed by atoms with Gasteiger partial charge in [0.15, 0.2) is 11.6 Å². The second-order valence-electron chi connectivity index (χ2n) is 10.6. The number of aromatic nitrogens is 2. The zero-order chi connectivity index (χ0) is 28.4. The van der Waals surface area contributed by atoms with Crippen LogP contribution < -0.4 is 10.3 Å². The van der Waals surface area contributed by atoms with Gasteiger partial charge in [-0.1, -0.05) is 0 Å². The van der Waals surface area contributed by atoms with E-state index in [2.05, 4.69) is 4.98 Å². The Morgan fingerprint density at radius 1 is 1.15 bits per heavy atom. The van der Waals surface area contributed by atoms with Crippen LogP contribution in [0, 0.1) is 23.0 Å². The van der Waals surface area contributed by atoms with E-state index in [1.165, 1.54) is 34.0 Å². The Hall–Kier alpha value is -4.07. The van der Waals surface area contributed by atoms with Gasteiger partial charge in [-0.3, -0.25) is 9.36 Å². The largest absolute Gasteiger partial charge is 0.453 e. The third-order valence-electron chi connectivity index (χ3n) is 6.52. The molecule has 206 valence electrons. The number of carbonyl (C=O) groups excluding carboxylic acids is 1. The van der Waals surface area contributed by atoms with Crippen LogP contribution >= 0.6 is 0 Å². The number of likely N-dealkylation sites (tertiary alicyclic amines) is 1. The molecule has 2 heterocycles. The molecule has 1 aliphatic rings. The number of halogens is 3. The van der Waals surface area contributed by atoms with Crippen LogP contribution in [0.4, 0.5) is 18.0 Å². The molecule has 0 atom stereocenters. The van der Waals surface area contributed by atoms with E-state index in [4.69, 9.17) is 9.47 Å². The number of nitriles is 1. The Morgan fingerprint density at radius 3 is 2.51 bits per heavy atom. The van der Waals surface area contributed by atoms with Crippen molar-refractivity contribution in [2.24, 2.45) is 0 Å². The number of rotatable bonds is 6. The van der Waals surface area contributed by atoms with Gasteiger partial charge in [0.1, 0.15) is 34.5 Å². The van der Waals surface area contributed by atoms with Crippen LogP contribution in [0.5, 0.6) is 11.5 Å². The fraction of sp³-hybridized carbons (Fsp3) is 0.429. The van der Waals surface area contributed by atoms with Gasteiger partial charge in [0, 0.05) is 19.6 Å². The molecule has 0 bridgehead atoms. The number of hydrogen-bond donors (Lipinski definition) is 0. The van der Waals surface area contributed by atoms with E-state index < -0.39 is 45.9 Å². The van der Waals surface area contributed by atoms with Crippen molar-refractivity contribution in [2.45, 2.75) is 64.3 Å². The zero-order valence-electron chi connectivity index (χ0n) is 22.0. The van der Waals surface area contributed by atoms with Crippen molar-refractivity contribution in [3.8, 4) is 17.6 Å². The number of alkyl halides is 1. The smallest absolute Gasteiger partial charge is 0.410 e. The normalized spacial score (nSPS) is 15.2. The molecule has 1 saturated heterocycles. The lowest BCUT2D eigenvalue weighted by atomic mass is 9.89. The first-order chi connectivity index (χ1) is 18.4. The first kappa shape index (κ1) is 28.0. The third-order valence-corrected chi connectivity index (χ3v) is 6.52. The molecule has 8 nitrogen and oxygen atoms in total. The number of ether oxygens (including phenoxy) is 2. The van der Waals surface area contributed by atoms with Crippen LogP contribution in [-0.2, 0) is 11.3 Å². The van der Waals surface area contributed by atoms with Crippen LogP contribution in [-0.4, -0.2) is 44.9 Å². The Kier molecular flexibility index (Phi) is 7.86. The maximum atomic E-state index is 15.4. The molecule has 0 aliphatic carbocycles. The summed E-state index contributed by atoms with van der Waals surface area (Å²) in [4.78, 5) is 31.1. The standard InChI is InChI=1S/C28H29F3N4O4/c1-27(2,3)39-26(37)34-13-10-28(31,11-14-34)9-4-12-35-17-33-23-8-5-18(15-19(23)25(35)36)38-24-20(16-32)21(29)6-7-22(24)30/h5-8,15,17H,4,9-14H2,1-3H3. The van der Waals surface area contributed by atoms with Gasteiger partial charge < -0.3 is 14.4 Å². The van der Waals surface area contributed by atoms with Crippen molar-refractivity contribution in [2.75, 3.05) is 13.1 Å². The second kappa shape index (κ2) is 11.0. The number of hydrogen-bond acceptors (Lipinski definition) is 6. The summed E-state index contributed by atoms with van der Waals surface area (Å²) < 4.78 is 55.7. The van der Waals surface area contributed by atoms with Gasteiger partial charge in [-0.2, -0.15) is 5.26 Å². The summed E-state index contributed by atoms with van der Waals surface area (Å²) in [6.07, 6.45) is 1.86. The van der Waals surface area contributed by atoms with Crippen LogP contribution in [0.15, 0.2) is 41.5 Å². The first-order valence-electron chi connectivity index (χ1n) is 12.6. The molecule has 4 rings (SSSR count). The Balaban J connectivity index is 1.42. The molecule has 0 unspecified atom stereocenters. The summed E-state index contributed by atoms with van der Waals surface area (Å²) in [5.41, 5.74) is -2.71. The van der Waals surface area contributed by atoms with Gasteiger partial charge in [0.2, 0.25) is 0 Å². The summed E-state index contributed by atoms with van der Waals surface area (Å²) >= 11 is 0. The van der Waals surface area contributed by atoms with Gasteiger partial charge >= 0.3 is 6.09 Å². The molecule has 1 fully saturated rings. The highest BCUT2D eigenvalue weighted by molar-refractivity contribution is 5.79. The van der Waals surface area contributed by atoms with Gasteiger partial charge in [0.05, 0.1) is 17.2 Å². The fourth-order valence-electron chi connectivity index (χ4n) is 4.45. The number of nitrogens with zero attached hydrogens (tertiary/aromatic N) is 4. The Morgan fingerprint density at radius 2 is 1.85 bits per heavy atom. The van der Waals surface area contributed by atoms with Crippen molar-refractivity contribution in [3.63, 3.8) is 0 Å². The number of aryl methyl sites for hydroxylation is 1. The molecule has 1 amide bonds. The molecule has 0 radical (unpaired) electrons. The molecule has 39 heavy (non-hydrogen) atoms. The monoisotopic (exact) mass is 542 g/mol. The number of amides is 1. The molecule has 0 spiro atoms. The van der Waals surface area contributed by atoms with Gasteiger partial charge in [-0.15, -0.1) is 0 Å². The lowest BCUT2D eigenvalue weighted by Crippen LogP contribution is -2.46. The average Bonchev–Trinajstić information content (AvgIpc) is 2.87. The maximum absolute atomic E-state index is 15.4. The van der Waals surface area contributed by atoms with E-state index >= 15 is 4.39 Å². The van der Waals surface area contributed by atoms with Crippen molar-refractivity contribution in [1.82, 2.24) is 14.5 Å². The molecule has 11 heteroatoms. The molecule has 0 N–H and O–H groups in total. The third kappa shape index (κ3) is 6.50. The molecule has 2 aromatic carbocycles. The minimum absolute atomic E-state index is 0.0274. The van der Waals surface area contributed by atoms with Crippen LogP contribution in [0.2, 0.25) is 0 Å². The van der Waals surface area contributed by atoms with Crippen molar-refractivity contribution >= 4 is 17.0 Å². The van der Waals surface area contributed by atoms with Gasteiger partial charge in [0.25, 0.3) is 5.56 Å². The predicted octanol–water partition coefficient (Wildman–Crippen LogP) is 5.86. The highest BCUT2D eigenvalue weighted by atomic mass is 19.1. The summed E-state index contributed by atoms with van der Waals surface area (Å²) in [7, 11) is 0. The summed E-state index contributed by atoms with van der Waals surface area (Å²) in [6, 6.07) is 7.52. The minimum atomic E-state index is -1.46.